The zero-order chi connectivity index (χ0) is 14.7. The van der Waals surface area contributed by atoms with E-state index in [-0.39, 0.29) is 24.4 Å². The lowest BCUT2D eigenvalue weighted by Gasteiger charge is -2.37. The van der Waals surface area contributed by atoms with Crippen LogP contribution in [0.5, 0.6) is 0 Å². The molecule has 1 aromatic carbocycles. The van der Waals surface area contributed by atoms with Crippen LogP contribution in [0.1, 0.15) is 12.5 Å². The van der Waals surface area contributed by atoms with Crippen LogP contribution in [-0.2, 0) is 11.3 Å². The summed E-state index contributed by atoms with van der Waals surface area (Å²) in [6, 6.07) is 5.04. The van der Waals surface area contributed by atoms with Gasteiger partial charge in [0.25, 0.3) is 5.69 Å². The van der Waals surface area contributed by atoms with Gasteiger partial charge in [0.15, 0.2) is 0 Å². The Morgan fingerprint density at radius 2 is 2.35 bits per heavy atom. The van der Waals surface area contributed by atoms with Gasteiger partial charge in [-0.2, -0.15) is 0 Å². The largest absolute Gasteiger partial charge is 0.394 e. The molecule has 1 N–H and O–H groups in total. The first-order valence-electron chi connectivity index (χ1n) is 6.40. The predicted molar refractivity (Wildman–Crippen MR) is 77.5 cm³/mol. The number of hydrogen-bond acceptors (Lipinski definition) is 5. The van der Waals surface area contributed by atoms with E-state index in [1.165, 1.54) is 12.1 Å². The molecule has 1 heterocycles. The van der Waals surface area contributed by atoms with Crippen LogP contribution in [0.15, 0.2) is 22.7 Å². The third-order valence-corrected chi connectivity index (χ3v) is 4.20. The standard InChI is InChI=1S/C13H17BrN2O4/c1-9-8-20-12(7-17)6-15(9)5-10-2-3-11(16(18)19)4-13(10)14/h2-4,9,12,17H,5-8H2,1H3. The number of nitro benzene ring substituents is 1. The second-order valence-corrected chi connectivity index (χ2v) is 5.80. The smallest absolute Gasteiger partial charge is 0.270 e. The van der Waals surface area contributed by atoms with Gasteiger partial charge >= 0.3 is 0 Å². The molecule has 2 unspecified atom stereocenters. The van der Waals surface area contributed by atoms with E-state index < -0.39 is 4.92 Å². The first kappa shape index (κ1) is 15.4. The maximum atomic E-state index is 10.7. The Kier molecular flexibility index (Phi) is 5.09. The number of aliphatic hydroxyl groups is 1. The summed E-state index contributed by atoms with van der Waals surface area (Å²) in [6.07, 6.45) is -0.164. The summed E-state index contributed by atoms with van der Waals surface area (Å²) in [5.74, 6) is 0. The molecule has 0 amide bonds. The van der Waals surface area contributed by atoms with Gasteiger partial charge in [-0.05, 0) is 18.6 Å². The third kappa shape index (κ3) is 3.54. The highest BCUT2D eigenvalue weighted by molar-refractivity contribution is 9.10. The predicted octanol–water partition coefficient (Wildman–Crippen LogP) is 1.94. The molecule has 1 saturated heterocycles. The lowest BCUT2D eigenvalue weighted by Crippen LogP contribution is -2.48. The lowest BCUT2D eigenvalue weighted by molar-refractivity contribution is -0.384. The minimum Gasteiger partial charge on any atom is -0.394 e. The summed E-state index contributed by atoms with van der Waals surface area (Å²) < 4.78 is 6.22. The minimum atomic E-state index is -0.409. The number of ether oxygens (including phenoxy) is 1. The molecule has 0 aromatic heterocycles. The second kappa shape index (κ2) is 6.62. The van der Waals surface area contributed by atoms with Crippen molar-refractivity contribution in [3.8, 4) is 0 Å². The van der Waals surface area contributed by atoms with Gasteiger partial charge in [-0.1, -0.05) is 15.9 Å². The number of nitrogens with zero attached hydrogens (tertiary/aromatic N) is 2. The molecule has 1 aromatic rings. The van der Waals surface area contributed by atoms with E-state index in [2.05, 4.69) is 27.8 Å². The van der Waals surface area contributed by atoms with Gasteiger partial charge in [-0.15, -0.1) is 0 Å². The van der Waals surface area contributed by atoms with Crippen molar-refractivity contribution in [2.75, 3.05) is 19.8 Å². The number of non-ortho nitro benzene ring substituents is 1. The van der Waals surface area contributed by atoms with Crippen LogP contribution in [0.4, 0.5) is 5.69 Å². The van der Waals surface area contributed by atoms with Crippen molar-refractivity contribution in [3.63, 3.8) is 0 Å². The van der Waals surface area contributed by atoms with Crippen LogP contribution in [0.2, 0.25) is 0 Å². The third-order valence-electron chi connectivity index (χ3n) is 3.46. The summed E-state index contributed by atoms with van der Waals surface area (Å²) in [7, 11) is 0. The van der Waals surface area contributed by atoms with E-state index in [4.69, 9.17) is 4.74 Å². The Bertz CT molecular complexity index is 497. The zero-order valence-electron chi connectivity index (χ0n) is 11.2. The number of hydrogen-bond donors (Lipinski definition) is 1. The number of nitro groups is 1. The van der Waals surface area contributed by atoms with Gasteiger partial charge < -0.3 is 9.84 Å². The Morgan fingerprint density at radius 1 is 1.60 bits per heavy atom. The van der Waals surface area contributed by atoms with E-state index in [9.17, 15) is 15.2 Å². The molecule has 1 aliphatic rings. The number of rotatable bonds is 4. The molecule has 0 aliphatic carbocycles. The van der Waals surface area contributed by atoms with Gasteiger partial charge in [0.2, 0.25) is 0 Å². The van der Waals surface area contributed by atoms with E-state index in [0.717, 1.165) is 10.0 Å². The van der Waals surface area contributed by atoms with Gasteiger partial charge in [-0.3, -0.25) is 15.0 Å². The SMILES string of the molecule is CC1COC(CO)CN1Cc1ccc([N+](=O)[O-])cc1Br. The van der Waals surface area contributed by atoms with Crippen molar-refractivity contribution >= 4 is 21.6 Å². The molecule has 7 heteroatoms. The van der Waals surface area contributed by atoms with Crippen LogP contribution in [0.3, 0.4) is 0 Å². The van der Waals surface area contributed by atoms with Crippen LogP contribution in [0.25, 0.3) is 0 Å². The van der Waals surface area contributed by atoms with Crippen molar-refractivity contribution < 1.29 is 14.8 Å². The molecule has 2 atom stereocenters. The minimum absolute atomic E-state index is 0.00461. The van der Waals surface area contributed by atoms with E-state index >= 15 is 0 Å². The quantitative estimate of drug-likeness (QED) is 0.667. The average Bonchev–Trinajstić information content (AvgIpc) is 2.43. The summed E-state index contributed by atoms with van der Waals surface area (Å²) >= 11 is 3.38. The van der Waals surface area contributed by atoms with Gasteiger partial charge in [-0.25, -0.2) is 0 Å². The normalized spacial score (nSPS) is 23.8. The molecule has 110 valence electrons. The zero-order valence-corrected chi connectivity index (χ0v) is 12.7. The van der Waals surface area contributed by atoms with Crippen molar-refractivity contribution in [3.05, 3.63) is 38.3 Å². The second-order valence-electron chi connectivity index (χ2n) is 4.95. The monoisotopic (exact) mass is 344 g/mol. The molecule has 0 bridgehead atoms. The molecule has 6 nitrogen and oxygen atoms in total. The molecule has 1 aliphatic heterocycles. The van der Waals surface area contributed by atoms with Gasteiger partial charge in [0, 0.05) is 35.7 Å². The van der Waals surface area contributed by atoms with E-state index in [1.807, 2.05) is 0 Å². The van der Waals surface area contributed by atoms with Gasteiger partial charge in [0.1, 0.15) is 0 Å². The molecule has 0 radical (unpaired) electrons. The summed E-state index contributed by atoms with van der Waals surface area (Å²) in [5, 5.41) is 19.9. The molecule has 1 fully saturated rings. The topological polar surface area (TPSA) is 75.8 Å². The summed E-state index contributed by atoms with van der Waals surface area (Å²) in [4.78, 5) is 12.5. The Morgan fingerprint density at radius 3 is 2.95 bits per heavy atom. The fraction of sp³-hybridized carbons (Fsp3) is 0.538. The highest BCUT2D eigenvalue weighted by Crippen LogP contribution is 2.25. The molecule has 2 rings (SSSR count). The van der Waals surface area contributed by atoms with Crippen LogP contribution >= 0.6 is 15.9 Å². The van der Waals surface area contributed by atoms with Crippen molar-refractivity contribution in [2.45, 2.75) is 25.6 Å². The summed E-state index contributed by atoms with van der Waals surface area (Å²) in [6.45, 7) is 3.97. The highest BCUT2D eigenvalue weighted by atomic mass is 79.9. The molecule has 20 heavy (non-hydrogen) atoms. The first-order chi connectivity index (χ1) is 9.51. The lowest BCUT2D eigenvalue weighted by atomic mass is 10.1. The molecule has 0 spiro atoms. The summed E-state index contributed by atoms with van der Waals surface area (Å²) in [5.41, 5.74) is 1.06. The number of benzene rings is 1. The fourth-order valence-corrected chi connectivity index (χ4v) is 2.69. The maximum absolute atomic E-state index is 10.7. The van der Waals surface area contributed by atoms with E-state index in [0.29, 0.717) is 19.7 Å². The Balaban J connectivity index is 2.10. The van der Waals surface area contributed by atoms with Gasteiger partial charge in [0.05, 0.1) is 24.2 Å². The van der Waals surface area contributed by atoms with Crippen molar-refractivity contribution in [1.82, 2.24) is 4.90 Å². The van der Waals surface area contributed by atoms with Crippen LogP contribution in [0, 0.1) is 10.1 Å². The van der Waals surface area contributed by atoms with Crippen LogP contribution in [-0.4, -0.2) is 46.8 Å². The molecular formula is C13H17BrN2O4. The molecule has 0 saturated carbocycles. The van der Waals surface area contributed by atoms with E-state index in [1.54, 1.807) is 6.07 Å². The Labute approximate surface area is 125 Å². The maximum Gasteiger partial charge on any atom is 0.270 e. The molecular weight excluding hydrogens is 328 g/mol. The average molecular weight is 345 g/mol. The number of halogens is 1. The Hall–Kier alpha value is -1.02. The fourth-order valence-electron chi connectivity index (χ4n) is 2.20. The van der Waals surface area contributed by atoms with Crippen LogP contribution < -0.4 is 0 Å². The first-order valence-corrected chi connectivity index (χ1v) is 7.20. The van der Waals surface area contributed by atoms with Crippen molar-refractivity contribution in [1.29, 1.82) is 0 Å². The number of morpholine rings is 1. The highest BCUT2D eigenvalue weighted by Gasteiger charge is 2.26. The van der Waals surface area contributed by atoms with Crippen molar-refractivity contribution in [2.24, 2.45) is 0 Å². The number of aliphatic hydroxyl groups excluding tert-OH is 1.